The van der Waals surface area contributed by atoms with Gasteiger partial charge in [-0.25, -0.2) is 0 Å². The van der Waals surface area contributed by atoms with Crippen molar-refractivity contribution in [2.24, 2.45) is 0 Å². The van der Waals surface area contributed by atoms with Crippen LogP contribution in [0.5, 0.6) is 5.75 Å². The van der Waals surface area contributed by atoms with E-state index >= 15 is 0 Å². The van der Waals surface area contributed by atoms with Gasteiger partial charge in [-0.3, -0.25) is 0 Å². The molecular weight excluding hydrogens is 372 g/mol. The summed E-state index contributed by atoms with van der Waals surface area (Å²) < 4.78 is 17.7. The van der Waals surface area contributed by atoms with Gasteiger partial charge in [-0.1, -0.05) is 49.3 Å². The molecule has 1 aliphatic carbocycles. The second kappa shape index (κ2) is 9.51. The Bertz CT molecular complexity index is 940. The summed E-state index contributed by atoms with van der Waals surface area (Å²) in [6.45, 7) is 6.04. The van der Waals surface area contributed by atoms with E-state index in [4.69, 9.17) is 14.2 Å². The molecule has 0 saturated carbocycles. The summed E-state index contributed by atoms with van der Waals surface area (Å²) in [7, 11) is 0. The standard InChI is InChI=1S/C27H30O3/c1-3-6-22(4-2)23-9-11-26(12-10-23)28-20-21-7-5-8-25(19-21)24-13-15-27(16-14-24)29-17-18-30-27/h5,7-13,19,22H,4,14-18,20H2,1-2H3/t22-/m0/s1. The third-order valence-electron chi connectivity index (χ3n) is 5.96. The summed E-state index contributed by atoms with van der Waals surface area (Å²) in [6, 6.07) is 17.0. The fraction of sp³-hybridized carbons (Fsp3) is 0.407. The molecule has 4 rings (SSSR count). The van der Waals surface area contributed by atoms with E-state index in [1.807, 2.05) is 19.1 Å². The van der Waals surface area contributed by atoms with Crippen molar-refractivity contribution >= 4 is 5.57 Å². The van der Waals surface area contributed by atoms with E-state index in [0.717, 1.165) is 31.4 Å². The molecule has 0 N–H and O–H groups in total. The monoisotopic (exact) mass is 402 g/mol. The van der Waals surface area contributed by atoms with E-state index in [1.165, 1.54) is 22.3 Å². The Balaban J connectivity index is 1.38. The molecule has 1 aliphatic heterocycles. The van der Waals surface area contributed by atoms with Gasteiger partial charge in [0.2, 0.25) is 0 Å². The molecule has 3 heteroatoms. The molecule has 2 aromatic carbocycles. The first-order chi connectivity index (χ1) is 14.7. The van der Waals surface area contributed by atoms with E-state index in [2.05, 4.69) is 61.2 Å². The first kappa shape index (κ1) is 20.7. The highest BCUT2D eigenvalue weighted by Crippen LogP contribution is 2.38. The number of hydrogen-bond donors (Lipinski definition) is 0. The van der Waals surface area contributed by atoms with Crippen LogP contribution in [0.1, 0.15) is 62.1 Å². The third-order valence-corrected chi connectivity index (χ3v) is 5.96. The topological polar surface area (TPSA) is 27.7 Å². The van der Waals surface area contributed by atoms with Gasteiger partial charge in [0.25, 0.3) is 0 Å². The van der Waals surface area contributed by atoms with Crippen molar-refractivity contribution < 1.29 is 14.2 Å². The van der Waals surface area contributed by atoms with Gasteiger partial charge in [0.1, 0.15) is 12.4 Å². The molecule has 1 spiro atoms. The van der Waals surface area contributed by atoms with Gasteiger partial charge in [0.05, 0.1) is 13.2 Å². The third kappa shape index (κ3) is 4.78. The molecule has 1 saturated heterocycles. The maximum absolute atomic E-state index is 6.04. The van der Waals surface area contributed by atoms with Gasteiger partial charge < -0.3 is 14.2 Å². The maximum atomic E-state index is 6.04. The number of rotatable bonds is 6. The molecule has 0 radical (unpaired) electrons. The summed E-state index contributed by atoms with van der Waals surface area (Å²) in [5.41, 5.74) is 5.06. The van der Waals surface area contributed by atoms with Crippen molar-refractivity contribution in [1.29, 1.82) is 0 Å². The zero-order chi connectivity index (χ0) is 20.8. The Morgan fingerprint density at radius 3 is 2.57 bits per heavy atom. The van der Waals surface area contributed by atoms with Crippen LogP contribution in [0, 0.1) is 11.8 Å². The van der Waals surface area contributed by atoms with E-state index in [9.17, 15) is 0 Å². The van der Waals surface area contributed by atoms with Crippen LogP contribution in [0.4, 0.5) is 0 Å². The van der Waals surface area contributed by atoms with Crippen molar-refractivity contribution in [3.05, 3.63) is 71.3 Å². The van der Waals surface area contributed by atoms with Crippen LogP contribution in [0.15, 0.2) is 54.6 Å². The van der Waals surface area contributed by atoms with E-state index in [-0.39, 0.29) is 5.79 Å². The number of allylic oxidation sites excluding steroid dienone is 1. The first-order valence-corrected chi connectivity index (χ1v) is 10.9. The summed E-state index contributed by atoms with van der Waals surface area (Å²) >= 11 is 0. The fourth-order valence-electron chi connectivity index (χ4n) is 4.25. The molecule has 1 atom stereocenters. The lowest BCUT2D eigenvalue weighted by atomic mass is 9.89. The van der Waals surface area contributed by atoms with Gasteiger partial charge in [-0.2, -0.15) is 0 Å². The molecule has 1 fully saturated rings. The molecule has 0 bridgehead atoms. The fourth-order valence-corrected chi connectivity index (χ4v) is 4.25. The minimum Gasteiger partial charge on any atom is -0.489 e. The summed E-state index contributed by atoms with van der Waals surface area (Å²) in [5.74, 6) is 7.11. The number of benzene rings is 2. The average molecular weight is 403 g/mol. The molecule has 1 heterocycles. The zero-order valence-electron chi connectivity index (χ0n) is 17.9. The Morgan fingerprint density at radius 2 is 1.90 bits per heavy atom. The van der Waals surface area contributed by atoms with E-state index < -0.39 is 0 Å². The summed E-state index contributed by atoms with van der Waals surface area (Å²) in [6.07, 6.45) is 6.02. The smallest absolute Gasteiger partial charge is 0.172 e. The van der Waals surface area contributed by atoms with Gasteiger partial charge in [0.15, 0.2) is 5.79 Å². The normalized spacial score (nSPS) is 18.4. The molecule has 0 amide bonds. The molecule has 30 heavy (non-hydrogen) atoms. The molecule has 2 aromatic rings. The lowest BCUT2D eigenvalue weighted by Gasteiger charge is -2.30. The SMILES string of the molecule is CC#C[C@H](CC)c1ccc(OCc2cccc(C3=CCC4(CC3)OCCO4)c2)cc1. The van der Waals surface area contributed by atoms with Crippen LogP contribution < -0.4 is 4.74 Å². The van der Waals surface area contributed by atoms with Crippen molar-refractivity contribution in [1.82, 2.24) is 0 Å². The largest absolute Gasteiger partial charge is 0.489 e. The van der Waals surface area contributed by atoms with Gasteiger partial charge in [0, 0.05) is 18.8 Å². The second-order valence-corrected chi connectivity index (χ2v) is 7.95. The lowest BCUT2D eigenvalue weighted by molar-refractivity contribution is -0.159. The van der Waals surface area contributed by atoms with Crippen LogP contribution in [0.2, 0.25) is 0 Å². The summed E-state index contributed by atoms with van der Waals surface area (Å²) in [4.78, 5) is 0. The van der Waals surface area contributed by atoms with Crippen molar-refractivity contribution in [3.63, 3.8) is 0 Å². The Kier molecular flexibility index (Phi) is 6.57. The van der Waals surface area contributed by atoms with Crippen molar-refractivity contribution in [3.8, 4) is 17.6 Å². The van der Waals surface area contributed by atoms with Crippen LogP contribution in [-0.2, 0) is 16.1 Å². The zero-order valence-corrected chi connectivity index (χ0v) is 17.9. The molecule has 3 nitrogen and oxygen atoms in total. The Labute approximate surface area is 180 Å². The second-order valence-electron chi connectivity index (χ2n) is 7.95. The molecule has 2 aliphatic rings. The molecule has 0 unspecified atom stereocenters. The van der Waals surface area contributed by atoms with Gasteiger partial charge in [-0.15, -0.1) is 5.92 Å². The van der Waals surface area contributed by atoms with Crippen LogP contribution in [0.3, 0.4) is 0 Å². The summed E-state index contributed by atoms with van der Waals surface area (Å²) in [5, 5.41) is 0. The van der Waals surface area contributed by atoms with Crippen LogP contribution in [0.25, 0.3) is 5.57 Å². The highest BCUT2D eigenvalue weighted by molar-refractivity contribution is 5.67. The quantitative estimate of drug-likeness (QED) is 0.547. The highest BCUT2D eigenvalue weighted by Gasteiger charge is 2.37. The Hall–Kier alpha value is -2.54. The molecule has 0 aromatic heterocycles. The van der Waals surface area contributed by atoms with E-state index in [0.29, 0.717) is 25.7 Å². The van der Waals surface area contributed by atoms with Gasteiger partial charge >= 0.3 is 0 Å². The first-order valence-electron chi connectivity index (χ1n) is 10.9. The minimum absolute atomic E-state index is 0.295. The van der Waals surface area contributed by atoms with Crippen LogP contribution in [-0.4, -0.2) is 19.0 Å². The Morgan fingerprint density at radius 1 is 1.10 bits per heavy atom. The maximum Gasteiger partial charge on any atom is 0.172 e. The number of hydrogen-bond acceptors (Lipinski definition) is 3. The molecular formula is C27H30O3. The minimum atomic E-state index is -0.365. The van der Waals surface area contributed by atoms with Gasteiger partial charge in [-0.05, 0) is 60.2 Å². The lowest BCUT2D eigenvalue weighted by Crippen LogP contribution is -2.31. The van der Waals surface area contributed by atoms with E-state index in [1.54, 1.807) is 0 Å². The van der Waals surface area contributed by atoms with Crippen LogP contribution >= 0.6 is 0 Å². The predicted molar refractivity (Wildman–Crippen MR) is 120 cm³/mol. The predicted octanol–water partition coefficient (Wildman–Crippen LogP) is 6.09. The van der Waals surface area contributed by atoms with Crippen molar-refractivity contribution in [2.75, 3.05) is 13.2 Å². The average Bonchev–Trinajstić information content (AvgIpc) is 3.25. The highest BCUT2D eigenvalue weighted by atomic mass is 16.7. The van der Waals surface area contributed by atoms with Crippen molar-refractivity contribution in [2.45, 2.75) is 57.8 Å². The number of ether oxygens (including phenoxy) is 3. The molecule has 156 valence electrons.